The number of halogens is 1. The molecule has 1 saturated heterocycles. The minimum absolute atomic E-state index is 0.117. The van der Waals surface area contributed by atoms with Gasteiger partial charge >= 0.3 is 0 Å². The van der Waals surface area contributed by atoms with Gasteiger partial charge in [0.1, 0.15) is 12.3 Å². The number of sulfonamides is 1. The van der Waals surface area contributed by atoms with Crippen molar-refractivity contribution in [1.82, 2.24) is 4.90 Å². The number of anilines is 1. The van der Waals surface area contributed by atoms with Crippen molar-refractivity contribution >= 4 is 33.2 Å². The molecule has 0 radical (unpaired) electrons. The molecule has 0 aromatic heterocycles. The molecule has 0 spiro atoms. The average molecular weight is 437 g/mol. The summed E-state index contributed by atoms with van der Waals surface area (Å²) in [6.45, 7) is 3.10. The average Bonchev–Trinajstić information content (AvgIpc) is 2.72. The van der Waals surface area contributed by atoms with E-state index in [0.717, 1.165) is 17.1 Å². The topological polar surface area (TPSA) is 66.9 Å². The van der Waals surface area contributed by atoms with Crippen LogP contribution in [0.15, 0.2) is 53.4 Å². The Morgan fingerprint density at radius 1 is 1.24 bits per heavy atom. The summed E-state index contributed by atoms with van der Waals surface area (Å²) >= 11 is 6.23. The number of hydrogen-bond acceptors (Lipinski definition) is 4. The Kier molecular flexibility index (Phi) is 6.70. The van der Waals surface area contributed by atoms with E-state index < -0.39 is 10.0 Å². The van der Waals surface area contributed by atoms with Gasteiger partial charge in [-0.05, 0) is 49.1 Å². The van der Waals surface area contributed by atoms with Gasteiger partial charge in [0.25, 0.3) is 10.0 Å². The molecule has 0 saturated carbocycles. The summed E-state index contributed by atoms with van der Waals surface area (Å²) in [5.41, 5.74) is 0.318. The van der Waals surface area contributed by atoms with Crippen molar-refractivity contribution in [3.05, 3.63) is 53.6 Å². The van der Waals surface area contributed by atoms with E-state index in [1.54, 1.807) is 35.2 Å². The van der Waals surface area contributed by atoms with Crippen LogP contribution in [0.4, 0.5) is 5.69 Å². The van der Waals surface area contributed by atoms with Crippen LogP contribution in [0.3, 0.4) is 0 Å². The third-order valence-electron chi connectivity index (χ3n) is 5.04. The monoisotopic (exact) mass is 436 g/mol. The van der Waals surface area contributed by atoms with Crippen LogP contribution in [0.2, 0.25) is 5.02 Å². The molecular formula is C21H25ClN2O4S. The van der Waals surface area contributed by atoms with E-state index in [1.165, 1.54) is 25.3 Å². The lowest BCUT2D eigenvalue weighted by molar-refractivity contribution is -0.131. The SMILES string of the molecule is COc1ccc(N(CC(=O)N2CCCC(C)C2)S(=O)(=O)c2ccccc2)cc1Cl. The van der Waals surface area contributed by atoms with E-state index in [0.29, 0.717) is 30.4 Å². The van der Waals surface area contributed by atoms with Crippen LogP contribution in [0, 0.1) is 5.92 Å². The summed E-state index contributed by atoms with van der Waals surface area (Å²) < 4.78 is 33.0. The number of hydrogen-bond donors (Lipinski definition) is 0. The van der Waals surface area contributed by atoms with Crippen LogP contribution < -0.4 is 9.04 Å². The molecule has 29 heavy (non-hydrogen) atoms. The molecule has 2 aromatic carbocycles. The molecule has 8 heteroatoms. The number of nitrogens with zero attached hydrogens (tertiary/aromatic N) is 2. The molecule has 1 amide bonds. The number of likely N-dealkylation sites (tertiary alicyclic amines) is 1. The van der Waals surface area contributed by atoms with Gasteiger partial charge in [-0.15, -0.1) is 0 Å². The third kappa shape index (κ3) is 4.85. The van der Waals surface area contributed by atoms with E-state index in [2.05, 4.69) is 6.92 Å². The molecule has 1 unspecified atom stereocenters. The second-order valence-electron chi connectivity index (χ2n) is 7.23. The molecule has 1 fully saturated rings. The minimum Gasteiger partial charge on any atom is -0.495 e. The van der Waals surface area contributed by atoms with Crippen LogP contribution in [0.25, 0.3) is 0 Å². The molecule has 0 bridgehead atoms. The van der Waals surface area contributed by atoms with Gasteiger partial charge in [0.05, 0.1) is 22.7 Å². The number of carbonyl (C=O) groups is 1. The van der Waals surface area contributed by atoms with Crippen molar-refractivity contribution in [2.75, 3.05) is 31.0 Å². The molecule has 3 rings (SSSR count). The zero-order valence-electron chi connectivity index (χ0n) is 16.5. The van der Waals surface area contributed by atoms with Crippen molar-refractivity contribution in [3.63, 3.8) is 0 Å². The normalized spacial score (nSPS) is 17.1. The van der Waals surface area contributed by atoms with E-state index in [-0.39, 0.29) is 22.4 Å². The zero-order valence-corrected chi connectivity index (χ0v) is 18.1. The van der Waals surface area contributed by atoms with Crippen molar-refractivity contribution < 1.29 is 17.9 Å². The van der Waals surface area contributed by atoms with Gasteiger partial charge < -0.3 is 9.64 Å². The lowest BCUT2D eigenvalue weighted by Gasteiger charge is -2.33. The Bertz CT molecular complexity index is 966. The van der Waals surface area contributed by atoms with E-state index in [1.807, 2.05) is 0 Å². The first-order valence-corrected chi connectivity index (χ1v) is 11.3. The summed E-state index contributed by atoms with van der Waals surface area (Å²) in [6.07, 6.45) is 2.00. The van der Waals surface area contributed by atoms with Crippen LogP contribution in [0.5, 0.6) is 5.75 Å². The highest BCUT2D eigenvalue weighted by Crippen LogP contribution is 2.32. The molecular weight excluding hydrogens is 412 g/mol. The summed E-state index contributed by atoms with van der Waals surface area (Å²) in [4.78, 5) is 14.8. The number of rotatable bonds is 6. The molecule has 1 atom stereocenters. The van der Waals surface area contributed by atoms with E-state index >= 15 is 0 Å². The Hall–Kier alpha value is -2.25. The Balaban J connectivity index is 1.97. The number of amides is 1. The first kappa shape index (κ1) is 21.5. The molecule has 0 aliphatic carbocycles. The highest BCUT2D eigenvalue weighted by Gasteiger charge is 2.30. The maximum absolute atomic E-state index is 13.4. The van der Waals surface area contributed by atoms with Crippen molar-refractivity contribution in [1.29, 1.82) is 0 Å². The Morgan fingerprint density at radius 3 is 2.59 bits per heavy atom. The fourth-order valence-corrected chi connectivity index (χ4v) is 5.16. The number of carbonyl (C=O) groups excluding carboxylic acids is 1. The van der Waals surface area contributed by atoms with Gasteiger partial charge in [-0.3, -0.25) is 9.10 Å². The highest BCUT2D eigenvalue weighted by molar-refractivity contribution is 7.92. The van der Waals surface area contributed by atoms with Gasteiger partial charge in [0.2, 0.25) is 5.91 Å². The van der Waals surface area contributed by atoms with Crippen LogP contribution in [0.1, 0.15) is 19.8 Å². The second kappa shape index (κ2) is 9.05. The standard InChI is InChI=1S/C21H25ClN2O4S/c1-16-7-6-12-23(14-16)21(25)15-24(17-10-11-20(28-2)19(22)13-17)29(26,27)18-8-4-3-5-9-18/h3-5,8-11,13,16H,6-7,12,14-15H2,1-2H3. The highest BCUT2D eigenvalue weighted by atomic mass is 35.5. The third-order valence-corrected chi connectivity index (χ3v) is 7.13. The summed E-state index contributed by atoms with van der Waals surface area (Å²) in [7, 11) is -2.46. The van der Waals surface area contributed by atoms with Crippen molar-refractivity contribution in [3.8, 4) is 5.75 Å². The fourth-order valence-electron chi connectivity index (χ4n) is 3.48. The van der Waals surface area contributed by atoms with Gasteiger partial charge in [0.15, 0.2) is 0 Å². The predicted molar refractivity (Wildman–Crippen MR) is 114 cm³/mol. The summed E-state index contributed by atoms with van der Waals surface area (Å²) in [6, 6.07) is 12.8. The quantitative estimate of drug-likeness (QED) is 0.690. The predicted octanol–water partition coefficient (Wildman–Crippen LogP) is 3.80. The van der Waals surface area contributed by atoms with Crippen LogP contribution in [-0.2, 0) is 14.8 Å². The molecule has 1 heterocycles. The Labute approximate surface area is 177 Å². The number of piperidine rings is 1. The number of methoxy groups -OCH3 is 1. The summed E-state index contributed by atoms with van der Waals surface area (Å²) in [5.74, 6) is 0.619. The molecule has 156 valence electrons. The number of benzene rings is 2. The maximum atomic E-state index is 13.4. The largest absolute Gasteiger partial charge is 0.495 e. The van der Waals surface area contributed by atoms with Gasteiger partial charge in [-0.1, -0.05) is 36.7 Å². The second-order valence-corrected chi connectivity index (χ2v) is 9.50. The Morgan fingerprint density at radius 2 is 1.97 bits per heavy atom. The van der Waals surface area contributed by atoms with Gasteiger partial charge in [-0.2, -0.15) is 0 Å². The smallest absolute Gasteiger partial charge is 0.264 e. The lowest BCUT2D eigenvalue weighted by Crippen LogP contribution is -2.46. The first-order valence-electron chi connectivity index (χ1n) is 9.52. The molecule has 0 N–H and O–H groups in total. The zero-order chi connectivity index (χ0) is 21.0. The maximum Gasteiger partial charge on any atom is 0.264 e. The van der Waals surface area contributed by atoms with Crippen molar-refractivity contribution in [2.24, 2.45) is 5.92 Å². The molecule has 6 nitrogen and oxygen atoms in total. The van der Waals surface area contributed by atoms with Crippen molar-refractivity contribution in [2.45, 2.75) is 24.7 Å². The summed E-state index contributed by atoms with van der Waals surface area (Å²) in [5, 5.41) is 0.275. The number of ether oxygens (including phenoxy) is 1. The van der Waals surface area contributed by atoms with E-state index in [9.17, 15) is 13.2 Å². The molecule has 1 aliphatic heterocycles. The van der Waals surface area contributed by atoms with Gasteiger partial charge in [-0.25, -0.2) is 8.42 Å². The van der Waals surface area contributed by atoms with E-state index in [4.69, 9.17) is 16.3 Å². The van der Waals surface area contributed by atoms with Crippen LogP contribution in [-0.4, -0.2) is 46.0 Å². The first-order chi connectivity index (χ1) is 13.8. The minimum atomic E-state index is -3.95. The lowest BCUT2D eigenvalue weighted by atomic mass is 10.0. The fraction of sp³-hybridized carbons (Fsp3) is 0.381. The van der Waals surface area contributed by atoms with Gasteiger partial charge in [0, 0.05) is 13.1 Å². The van der Waals surface area contributed by atoms with Crippen LogP contribution >= 0.6 is 11.6 Å². The molecule has 2 aromatic rings. The molecule has 1 aliphatic rings.